The first kappa shape index (κ1) is 8.60. The molecule has 1 aliphatic heterocycles. The summed E-state index contributed by atoms with van der Waals surface area (Å²) < 4.78 is 5.29. The van der Waals surface area contributed by atoms with Crippen LogP contribution in [0.15, 0.2) is 12.3 Å². The first-order chi connectivity index (χ1) is 5.15. The van der Waals surface area contributed by atoms with Gasteiger partial charge in [0.25, 0.3) is 0 Å². The van der Waals surface area contributed by atoms with Crippen molar-refractivity contribution < 1.29 is 4.74 Å². The molecule has 0 amide bonds. The van der Waals surface area contributed by atoms with Crippen molar-refractivity contribution in [3.63, 3.8) is 0 Å². The van der Waals surface area contributed by atoms with Crippen LogP contribution in [0.4, 0.5) is 0 Å². The van der Waals surface area contributed by atoms with Crippen LogP contribution in [0.1, 0.15) is 19.8 Å². The van der Waals surface area contributed by atoms with Gasteiger partial charge in [-0.1, -0.05) is 6.58 Å². The Kier molecular flexibility index (Phi) is 2.55. The van der Waals surface area contributed by atoms with Crippen molar-refractivity contribution in [1.29, 1.82) is 0 Å². The molecule has 0 N–H and O–H groups in total. The summed E-state index contributed by atoms with van der Waals surface area (Å²) in [6.07, 6.45) is 2.48. The second kappa shape index (κ2) is 3.26. The summed E-state index contributed by atoms with van der Waals surface area (Å²) in [5, 5.41) is 0. The quantitative estimate of drug-likeness (QED) is 0.570. The Morgan fingerprint density at radius 1 is 1.64 bits per heavy atom. The molecule has 0 aromatic rings. The Labute approximate surface area is 68.8 Å². The molecule has 0 radical (unpaired) electrons. The summed E-state index contributed by atoms with van der Waals surface area (Å²) in [6.45, 7) is 6.19. The van der Waals surface area contributed by atoms with Crippen molar-refractivity contribution in [1.82, 2.24) is 4.90 Å². The molecular weight excluding hydrogens is 138 g/mol. The lowest BCUT2D eigenvalue weighted by Crippen LogP contribution is -2.38. The van der Waals surface area contributed by atoms with Crippen molar-refractivity contribution in [2.24, 2.45) is 0 Å². The van der Waals surface area contributed by atoms with E-state index in [-0.39, 0.29) is 0 Å². The second-order valence-electron chi connectivity index (χ2n) is 3.32. The Morgan fingerprint density at radius 2 is 2.27 bits per heavy atom. The zero-order valence-electron chi connectivity index (χ0n) is 7.63. The van der Waals surface area contributed by atoms with E-state index in [9.17, 15) is 0 Å². The Hall–Kier alpha value is -0.500. The van der Waals surface area contributed by atoms with Crippen LogP contribution in [-0.4, -0.2) is 31.2 Å². The van der Waals surface area contributed by atoms with E-state index in [1.807, 2.05) is 0 Å². The van der Waals surface area contributed by atoms with E-state index in [4.69, 9.17) is 4.74 Å². The van der Waals surface area contributed by atoms with Crippen molar-refractivity contribution in [2.45, 2.75) is 31.9 Å². The number of ether oxygens (including phenoxy) is 1. The van der Waals surface area contributed by atoms with Gasteiger partial charge < -0.3 is 9.64 Å². The smallest absolute Gasteiger partial charge is 0.0645 e. The number of hydrogen-bond acceptors (Lipinski definition) is 2. The lowest BCUT2D eigenvalue weighted by atomic mass is 9.99. The molecule has 2 nitrogen and oxygen atoms in total. The minimum Gasteiger partial charge on any atom is -0.381 e. The summed E-state index contributed by atoms with van der Waals surface area (Å²) >= 11 is 0. The fraction of sp³-hybridized carbons (Fsp3) is 0.778. The zero-order valence-corrected chi connectivity index (χ0v) is 7.63. The van der Waals surface area contributed by atoms with Gasteiger partial charge in [0.1, 0.15) is 0 Å². The molecule has 2 heteroatoms. The predicted molar refractivity (Wildman–Crippen MR) is 46.4 cm³/mol. The number of methoxy groups -OCH3 is 1. The number of nitrogens with zero attached hydrogens (tertiary/aromatic N) is 1. The molecule has 1 fully saturated rings. The highest BCUT2D eigenvalue weighted by Gasteiger charge is 2.24. The van der Waals surface area contributed by atoms with Gasteiger partial charge >= 0.3 is 0 Å². The highest BCUT2D eigenvalue weighted by molar-refractivity contribution is 5.01. The monoisotopic (exact) mass is 155 g/mol. The molecule has 0 spiro atoms. The van der Waals surface area contributed by atoms with Crippen LogP contribution >= 0.6 is 0 Å². The summed E-state index contributed by atoms with van der Waals surface area (Å²) in [7, 11) is 3.87. The van der Waals surface area contributed by atoms with Crippen molar-refractivity contribution in [3.05, 3.63) is 12.3 Å². The van der Waals surface area contributed by atoms with Gasteiger partial charge in [0, 0.05) is 32.3 Å². The standard InChI is InChI=1S/C9H17NO/c1-7-5-9(11-4)6-8(2)10(7)3/h8-9H,1,5-6H2,2-4H3. The Morgan fingerprint density at radius 3 is 2.73 bits per heavy atom. The third-order valence-electron chi connectivity index (χ3n) is 2.56. The average Bonchev–Trinajstić information content (AvgIpc) is 1.99. The number of hydrogen-bond donors (Lipinski definition) is 0. The van der Waals surface area contributed by atoms with E-state index >= 15 is 0 Å². The molecule has 0 aromatic carbocycles. The first-order valence-corrected chi connectivity index (χ1v) is 4.08. The minimum atomic E-state index is 0.383. The van der Waals surface area contributed by atoms with E-state index in [0.717, 1.165) is 12.8 Å². The minimum absolute atomic E-state index is 0.383. The maximum atomic E-state index is 5.29. The van der Waals surface area contributed by atoms with Crippen LogP contribution in [0.5, 0.6) is 0 Å². The van der Waals surface area contributed by atoms with Gasteiger partial charge in [-0.05, 0) is 13.3 Å². The molecule has 0 saturated carbocycles. The third kappa shape index (κ3) is 1.74. The normalized spacial score (nSPS) is 32.6. The summed E-state index contributed by atoms with van der Waals surface area (Å²) in [5.41, 5.74) is 1.19. The molecule has 1 rings (SSSR count). The van der Waals surface area contributed by atoms with Gasteiger partial charge in [-0.25, -0.2) is 0 Å². The maximum absolute atomic E-state index is 5.29. The van der Waals surface area contributed by atoms with Gasteiger partial charge in [-0.3, -0.25) is 0 Å². The molecule has 0 bridgehead atoms. The average molecular weight is 155 g/mol. The fourth-order valence-corrected chi connectivity index (χ4v) is 1.52. The van der Waals surface area contributed by atoms with Crippen LogP contribution in [-0.2, 0) is 4.74 Å². The SMILES string of the molecule is C=C1CC(OC)CC(C)N1C. The van der Waals surface area contributed by atoms with Crippen LogP contribution < -0.4 is 0 Å². The molecule has 2 atom stereocenters. The van der Waals surface area contributed by atoms with Crippen LogP contribution in [0.3, 0.4) is 0 Å². The molecule has 0 aromatic heterocycles. The van der Waals surface area contributed by atoms with Crippen LogP contribution in [0.2, 0.25) is 0 Å². The van der Waals surface area contributed by atoms with E-state index in [1.165, 1.54) is 5.70 Å². The lowest BCUT2D eigenvalue weighted by Gasteiger charge is -2.37. The molecule has 11 heavy (non-hydrogen) atoms. The van der Waals surface area contributed by atoms with Gasteiger partial charge in [0.2, 0.25) is 0 Å². The lowest BCUT2D eigenvalue weighted by molar-refractivity contribution is 0.0468. The van der Waals surface area contributed by atoms with E-state index in [1.54, 1.807) is 7.11 Å². The van der Waals surface area contributed by atoms with Gasteiger partial charge in [-0.2, -0.15) is 0 Å². The second-order valence-corrected chi connectivity index (χ2v) is 3.32. The maximum Gasteiger partial charge on any atom is 0.0645 e. The highest BCUT2D eigenvalue weighted by Crippen LogP contribution is 2.24. The van der Waals surface area contributed by atoms with E-state index in [2.05, 4.69) is 25.5 Å². The first-order valence-electron chi connectivity index (χ1n) is 4.08. The summed E-state index contributed by atoms with van der Waals surface area (Å²) in [5.74, 6) is 0. The number of rotatable bonds is 1. The van der Waals surface area contributed by atoms with Crippen LogP contribution in [0, 0.1) is 0 Å². The molecule has 1 saturated heterocycles. The molecule has 2 unspecified atom stereocenters. The Bertz CT molecular complexity index is 156. The molecular formula is C9H17NO. The molecule has 0 aliphatic carbocycles. The number of piperidine rings is 1. The largest absolute Gasteiger partial charge is 0.381 e. The molecule has 1 heterocycles. The zero-order chi connectivity index (χ0) is 8.43. The van der Waals surface area contributed by atoms with E-state index in [0.29, 0.717) is 12.1 Å². The van der Waals surface area contributed by atoms with Gasteiger partial charge in [0.15, 0.2) is 0 Å². The van der Waals surface area contributed by atoms with Gasteiger partial charge in [0.05, 0.1) is 6.10 Å². The van der Waals surface area contributed by atoms with Crippen molar-refractivity contribution in [3.8, 4) is 0 Å². The van der Waals surface area contributed by atoms with Crippen molar-refractivity contribution in [2.75, 3.05) is 14.2 Å². The Balaban J connectivity index is 2.54. The predicted octanol–water partition coefficient (Wildman–Crippen LogP) is 1.63. The summed E-state index contributed by atoms with van der Waals surface area (Å²) in [4.78, 5) is 2.23. The number of likely N-dealkylation sites (tertiary alicyclic amines) is 1. The highest BCUT2D eigenvalue weighted by atomic mass is 16.5. The fourth-order valence-electron chi connectivity index (χ4n) is 1.52. The van der Waals surface area contributed by atoms with Crippen molar-refractivity contribution >= 4 is 0 Å². The summed E-state index contributed by atoms with van der Waals surface area (Å²) in [6, 6.07) is 0.571. The van der Waals surface area contributed by atoms with Crippen LogP contribution in [0.25, 0.3) is 0 Å². The molecule has 1 aliphatic rings. The topological polar surface area (TPSA) is 12.5 Å². The van der Waals surface area contributed by atoms with E-state index < -0.39 is 0 Å². The third-order valence-corrected chi connectivity index (χ3v) is 2.56. The van der Waals surface area contributed by atoms with Gasteiger partial charge in [-0.15, -0.1) is 0 Å². The molecule has 64 valence electrons.